The van der Waals surface area contributed by atoms with Gasteiger partial charge in [0, 0.05) is 24.2 Å². The van der Waals surface area contributed by atoms with Crippen molar-refractivity contribution in [2.45, 2.75) is 6.54 Å². The quantitative estimate of drug-likeness (QED) is 0.671. The van der Waals surface area contributed by atoms with Crippen LogP contribution < -0.4 is 10.1 Å². The van der Waals surface area contributed by atoms with Crippen LogP contribution in [0.3, 0.4) is 0 Å². The maximum Gasteiger partial charge on any atom is 0.274 e. The zero-order valence-corrected chi connectivity index (χ0v) is 10.8. The third-order valence-electron chi connectivity index (χ3n) is 2.83. The van der Waals surface area contributed by atoms with Gasteiger partial charge in [-0.3, -0.25) is 10.1 Å². The number of hydrogen-bond donors (Lipinski definition) is 1. The van der Waals surface area contributed by atoms with Crippen LogP contribution >= 0.6 is 0 Å². The van der Waals surface area contributed by atoms with Crippen LogP contribution in [-0.2, 0) is 6.54 Å². The monoisotopic (exact) mass is 276 g/mol. The number of rotatable bonds is 5. The van der Waals surface area contributed by atoms with Gasteiger partial charge in [-0.1, -0.05) is 18.2 Å². The Labute approximate surface area is 115 Å². The van der Waals surface area contributed by atoms with Crippen molar-refractivity contribution in [3.8, 4) is 5.75 Å². The van der Waals surface area contributed by atoms with Crippen LogP contribution in [-0.4, -0.2) is 12.0 Å². The summed E-state index contributed by atoms with van der Waals surface area (Å²) < 4.78 is 18.6. The molecule has 0 aliphatic heterocycles. The highest BCUT2D eigenvalue weighted by atomic mass is 19.1. The Hall–Kier alpha value is -2.63. The first-order chi connectivity index (χ1) is 9.61. The van der Waals surface area contributed by atoms with Crippen molar-refractivity contribution in [3.05, 3.63) is 64.0 Å². The van der Waals surface area contributed by atoms with Gasteiger partial charge in [0.2, 0.25) is 0 Å². The van der Waals surface area contributed by atoms with Gasteiger partial charge in [-0.05, 0) is 12.1 Å². The van der Waals surface area contributed by atoms with Crippen LogP contribution in [0.1, 0.15) is 5.56 Å². The molecule has 0 unspecified atom stereocenters. The third kappa shape index (κ3) is 3.03. The van der Waals surface area contributed by atoms with Gasteiger partial charge in [0.05, 0.1) is 17.7 Å². The maximum atomic E-state index is 13.6. The molecule has 0 saturated carbocycles. The fourth-order valence-corrected chi connectivity index (χ4v) is 1.80. The maximum absolute atomic E-state index is 13.6. The molecule has 2 aromatic rings. The van der Waals surface area contributed by atoms with E-state index in [4.69, 9.17) is 4.74 Å². The molecule has 0 aromatic heterocycles. The fourth-order valence-electron chi connectivity index (χ4n) is 1.80. The van der Waals surface area contributed by atoms with Crippen LogP contribution in [0.25, 0.3) is 0 Å². The molecule has 0 amide bonds. The molecule has 2 rings (SSSR count). The average molecular weight is 276 g/mol. The molecule has 104 valence electrons. The molecular weight excluding hydrogens is 263 g/mol. The van der Waals surface area contributed by atoms with Gasteiger partial charge in [-0.15, -0.1) is 0 Å². The topological polar surface area (TPSA) is 64.4 Å². The van der Waals surface area contributed by atoms with Crippen molar-refractivity contribution in [1.29, 1.82) is 0 Å². The van der Waals surface area contributed by atoms with Gasteiger partial charge >= 0.3 is 0 Å². The number of ether oxygens (including phenoxy) is 1. The Balaban J connectivity index is 2.19. The van der Waals surface area contributed by atoms with Gasteiger partial charge < -0.3 is 10.1 Å². The number of anilines is 1. The molecule has 0 heterocycles. The Bertz CT molecular complexity index is 632. The van der Waals surface area contributed by atoms with E-state index in [1.165, 1.54) is 31.4 Å². The molecule has 0 atom stereocenters. The Kier molecular flexibility index (Phi) is 4.14. The summed E-state index contributed by atoms with van der Waals surface area (Å²) in [5.41, 5.74) is 0.727. The number of hydrogen-bond acceptors (Lipinski definition) is 4. The molecule has 0 aliphatic rings. The minimum Gasteiger partial charge on any atom is -0.497 e. The molecular formula is C14H13FN2O3. The van der Waals surface area contributed by atoms with Crippen molar-refractivity contribution in [1.82, 2.24) is 0 Å². The highest BCUT2D eigenvalue weighted by Gasteiger charge is 2.12. The van der Waals surface area contributed by atoms with Gasteiger partial charge in [0.15, 0.2) is 0 Å². The van der Waals surface area contributed by atoms with E-state index in [-0.39, 0.29) is 17.9 Å². The number of nitro groups is 1. The fraction of sp³-hybridized carbons (Fsp3) is 0.143. The zero-order valence-electron chi connectivity index (χ0n) is 10.8. The van der Waals surface area contributed by atoms with Crippen molar-refractivity contribution < 1.29 is 14.1 Å². The van der Waals surface area contributed by atoms with Crippen LogP contribution in [0.15, 0.2) is 42.5 Å². The van der Waals surface area contributed by atoms with Crippen molar-refractivity contribution in [3.63, 3.8) is 0 Å². The lowest BCUT2D eigenvalue weighted by atomic mass is 10.1. The summed E-state index contributed by atoms with van der Waals surface area (Å²) in [6, 6.07) is 10.6. The number of nitrogens with zero attached hydrogens (tertiary/aromatic N) is 1. The second-order valence-corrected chi connectivity index (χ2v) is 4.09. The highest BCUT2D eigenvalue weighted by Crippen LogP contribution is 2.23. The first kappa shape index (κ1) is 13.8. The zero-order chi connectivity index (χ0) is 14.5. The second-order valence-electron chi connectivity index (χ2n) is 4.09. The van der Waals surface area contributed by atoms with Gasteiger partial charge in [-0.25, -0.2) is 4.39 Å². The third-order valence-corrected chi connectivity index (χ3v) is 2.83. The number of nitro benzene ring substituents is 1. The lowest BCUT2D eigenvalue weighted by molar-refractivity contribution is -0.385. The first-order valence-corrected chi connectivity index (χ1v) is 5.91. The summed E-state index contributed by atoms with van der Waals surface area (Å²) in [5.74, 6) is 0.0702. The van der Waals surface area contributed by atoms with E-state index in [9.17, 15) is 14.5 Å². The molecule has 2 aromatic carbocycles. The molecule has 0 fully saturated rings. The predicted octanol–water partition coefficient (Wildman–Crippen LogP) is 3.35. The Morgan fingerprint density at radius 3 is 2.75 bits per heavy atom. The van der Waals surface area contributed by atoms with Crippen molar-refractivity contribution >= 4 is 11.4 Å². The van der Waals surface area contributed by atoms with E-state index in [0.717, 1.165) is 0 Å². The molecule has 0 spiro atoms. The molecule has 1 N–H and O–H groups in total. The normalized spacial score (nSPS) is 10.1. The van der Waals surface area contributed by atoms with Crippen molar-refractivity contribution in [2.24, 2.45) is 0 Å². The molecule has 0 saturated heterocycles. The molecule has 5 nitrogen and oxygen atoms in total. The summed E-state index contributed by atoms with van der Waals surface area (Å²) in [5, 5.41) is 13.7. The summed E-state index contributed by atoms with van der Waals surface area (Å²) in [6.45, 7) is 0.154. The molecule has 0 aliphatic carbocycles. The van der Waals surface area contributed by atoms with Crippen LogP contribution in [0.5, 0.6) is 5.75 Å². The van der Waals surface area contributed by atoms with Crippen LogP contribution in [0.4, 0.5) is 15.8 Å². The highest BCUT2D eigenvalue weighted by molar-refractivity contribution is 5.51. The molecule has 0 bridgehead atoms. The van der Waals surface area contributed by atoms with Gasteiger partial charge in [-0.2, -0.15) is 0 Å². The van der Waals surface area contributed by atoms with E-state index < -0.39 is 10.7 Å². The summed E-state index contributed by atoms with van der Waals surface area (Å²) in [6.07, 6.45) is 0. The summed E-state index contributed by atoms with van der Waals surface area (Å²) in [7, 11) is 1.49. The van der Waals surface area contributed by atoms with E-state index in [2.05, 4.69) is 5.32 Å². The van der Waals surface area contributed by atoms with Gasteiger partial charge in [0.1, 0.15) is 11.6 Å². The lowest BCUT2D eigenvalue weighted by Crippen LogP contribution is -2.04. The number of halogens is 1. The Morgan fingerprint density at radius 2 is 2.05 bits per heavy atom. The standard InChI is InChI=1S/C14H13FN2O3/c1-20-11-6-7-12(15)13(8-11)16-9-10-4-2-3-5-14(10)17(18)19/h2-8,16H,9H2,1H3. The number of nitrogens with one attached hydrogen (secondary N) is 1. The van der Waals surface area contributed by atoms with E-state index in [1.54, 1.807) is 18.2 Å². The van der Waals surface area contributed by atoms with Crippen molar-refractivity contribution in [2.75, 3.05) is 12.4 Å². The SMILES string of the molecule is COc1ccc(F)c(NCc2ccccc2[N+](=O)[O-])c1. The smallest absolute Gasteiger partial charge is 0.274 e. The minimum absolute atomic E-state index is 0.00306. The van der Waals surface area contributed by atoms with Gasteiger partial charge in [0.25, 0.3) is 5.69 Å². The van der Waals surface area contributed by atoms with E-state index in [1.807, 2.05) is 0 Å². The first-order valence-electron chi connectivity index (χ1n) is 5.91. The molecule has 6 heteroatoms. The number of methoxy groups -OCH3 is 1. The van der Waals surface area contributed by atoms with E-state index in [0.29, 0.717) is 11.3 Å². The minimum atomic E-state index is -0.459. The van der Waals surface area contributed by atoms with Crippen LogP contribution in [0.2, 0.25) is 0 Å². The Morgan fingerprint density at radius 1 is 1.30 bits per heavy atom. The van der Waals surface area contributed by atoms with E-state index >= 15 is 0 Å². The largest absolute Gasteiger partial charge is 0.497 e. The number of benzene rings is 2. The molecule has 20 heavy (non-hydrogen) atoms. The summed E-state index contributed by atoms with van der Waals surface area (Å²) in [4.78, 5) is 10.4. The second kappa shape index (κ2) is 6.01. The van der Waals surface area contributed by atoms with Crippen LogP contribution in [0, 0.1) is 15.9 Å². The summed E-state index contributed by atoms with van der Waals surface area (Å²) >= 11 is 0. The molecule has 0 radical (unpaired) electrons. The number of para-hydroxylation sites is 1. The average Bonchev–Trinajstić information content (AvgIpc) is 2.46. The lowest BCUT2D eigenvalue weighted by Gasteiger charge is -2.09. The predicted molar refractivity (Wildman–Crippen MR) is 73.4 cm³/mol.